The van der Waals surface area contributed by atoms with Gasteiger partial charge in [-0.1, -0.05) is 56.3 Å². The van der Waals surface area contributed by atoms with Gasteiger partial charge in [-0.2, -0.15) is 0 Å². The predicted molar refractivity (Wildman–Crippen MR) is 162 cm³/mol. The fraction of sp³-hybridized carbons (Fsp3) is 0.382. The Morgan fingerprint density at radius 1 is 1.00 bits per heavy atom. The molecule has 2 atom stereocenters. The zero-order valence-corrected chi connectivity index (χ0v) is 24.2. The van der Waals surface area contributed by atoms with Crippen LogP contribution in [0.2, 0.25) is 0 Å². The topological polar surface area (TPSA) is 46.5 Å². The van der Waals surface area contributed by atoms with Crippen molar-refractivity contribution in [2.45, 2.75) is 58.5 Å². The number of rotatable bonds is 14. The lowest BCUT2D eigenvalue weighted by molar-refractivity contribution is -0.121. The van der Waals surface area contributed by atoms with Gasteiger partial charge >= 0.3 is 0 Å². The summed E-state index contributed by atoms with van der Waals surface area (Å²) >= 11 is 0. The van der Waals surface area contributed by atoms with Crippen molar-refractivity contribution in [1.29, 1.82) is 0 Å². The third-order valence-corrected chi connectivity index (χ3v) is 7.78. The average Bonchev–Trinajstić information content (AvgIpc) is 3.33. The minimum atomic E-state index is -0.282. The summed E-state index contributed by atoms with van der Waals surface area (Å²) in [6, 6.07) is 23.0. The van der Waals surface area contributed by atoms with Crippen LogP contribution in [-0.2, 0) is 11.3 Å². The van der Waals surface area contributed by atoms with Gasteiger partial charge in [0.25, 0.3) is 0 Å². The van der Waals surface area contributed by atoms with E-state index >= 15 is 0 Å². The number of hydrogen-bond acceptors (Lipinski definition) is 3. The second-order valence-electron chi connectivity index (χ2n) is 10.5. The maximum Gasteiger partial charge on any atom is 0.221 e. The number of nitrogens with one attached hydrogen (secondary N) is 1. The normalized spacial score (nSPS) is 12.9. The summed E-state index contributed by atoms with van der Waals surface area (Å²) in [6.45, 7) is 10.3. The number of carbonyl (C=O) groups is 1. The fourth-order valence-corrected chi connectivity index (χ4v) is 5.47. The van der Waals surface area contributed by atoms with Crippen molar-refractivity contribution < 1.29 is 13.9 Å². The molecule has 0 unspecified atom stereocenters. The Morgan fingerprint density at radius 2 is 1.70 bits per heavy atom. The molecule has 40 heavy (non-hydrogen) atoms. The van der Waals surface area contributed by atoms with Gasteiger partial charge in [0.1, 0.15) is 11.6 Å². The molecule has 0 radical (unpaired) electrons. The van der Waals surface area contributed by atoms with E-state index in [1.807, 2.05) is 24.3 Å². The van der Waals surface area contributed by atoms with Crippen LogP contribution in [0.3, 0.4) is 0 Å². The van der Waals surface area contributed by atoms with Gasteiger partial charge in [0.15, 0.2) is 0 Å². The molecule has 6 heteroatoms. The average molecular weight is 544 g/mol. The largest absolute Gasteiger partial charge is 0.497 e. The lowest BCUT2D eigenvalue weighted by Crippen LogP contribution is -2.34. The summed E-state index contributed by atoms with van der Waals surface area (Å²) in [6.07, 6.45) is 4.43. The van der Waals surface area contributed by atoms with Gasteiger partial charge in [-0.05, 0) is 86.4 Å². The van der Waals surface area contributed by atoms with Gasteiger partial charge < -0.3 is 19.5 Å². The zero-order chi connectivity index (χ0) is 28.5. The first-order chi connectivity index (χ1) is 19.4. The minimum Gasteiger partial charge on any atom is -0.497 e. The Labute approximate surface area is 238 Å². The van der Waals surface area contributed by atoms with Crippen LogP contribution >= 0.6 is 0 Å². The first-order valence-corrected chi connectivity index (χ1v) is 14.4. The number of aromatic nitrogens is 1. The lowest BCUT2D eigenvalue weighted by atomic mass is 9.88. The van der Waals surface area contributed by atoms with Crippen LogP contribution in [0, 0.1) is 5.82 Å². The summed E-state index contributed by atoms with van der Waals surface area (Å²) in [7, 11) is 1.67. The molecule has 1 aromatic heterocycles. The summed E-state index contributed by atoms with van der Waals surface area (Å²) in [5.41, 5.74) is 4.26. The van der Waals surface area contributed by atoms with Crippen molar-refractivity contribution >= 4 is 16.8 Å². The Morgan fingerprint density at radius 3 is 2.38 bits per heavy atom. The third-order valence-electron chi connectivity index (χ3n) is 7.78. The fourth-order valence-electron chi connectivity index (χ4n) is 5.47. The molecule has 0 aliphatic carbocycles. The van der Waals surface area contributed by atoms with E-state index in [1.54, 1.807) is 19.2 Å². The van der Waals surface area contributed by atoms with Gasteiger partial charge in [-0.15, -0.1) is 0 Å². The molecule has 0 saturated heterocycles. The van der Waals surface area contributed by atoms with E-state index in [0.29, 0.717) is 13.0 Å². The second-order valence-corrected chi connectivity index (χ2v) is 10.5. The van der Waals surface area contributed by atoms with Gasteiger partial charge in [0.05, 0.1) is 7.11 Å². The number of amides is 1. The minimum absolute atomic E-state index is 0.0108. The summed E-state index contributed by atoms with van der Waals surface area (Å²) < 4.78 is 21.4. The molecule has 0 bridgehead atoms. The highest BCUT2D eigenvalue weighted by Crippen LogP contribution is 2.35. The Hall–Kier alpha value is -3.64. The lowest BCUT2D eigenvalue weighted by Gasteiger charge is -2.21. The molecule has 0 fully saturated rings. The molecule has 0 spiro atoms. The molecular weight excluding hydrogens is 501 g/mol. The highest BCUT2D eigenvalue weighted by atomic mass is 19.1. The second kappa shape index (κ2) is 14.1. The van der Waals surface area contributed by atoms with Crippen LogP contribution in [0.1, 0.15) is 62.6 Å². The number of para-hydroxylation sites is 1. The van der Waals surface area contributed by atoms with Gasteiger partial charge in [-0.3, -0.25) is 4.79 Å². The zero-order valence-electron chi connectivity index (χ0n) is 24.2. The van der Waals surface area contributed by atoms with Crippen molar-refractivity contribution in [2.24, 2.45) is 0 Å². The van der Waals surface area contributed by atoms with Crippen LogP contribution in [0.5, 0.6) is 5.75 Å². The molecule has 4 aromatic rings. The van der Waals surface area contributed by atoms with Crippen LogP contribution in [0.25, 0.3) is 10.9 Å². The first kappa shape index (κ1) is 29.3. The van der Waals surface area contributed by atoms with Crippen LogP contribution in [0.15, 0.2) is 79.0 Å². The van der Waals surface area contributed by atoms with Crippen molar-refractivity contribution in [3.8, 4) is 5.75 Å². The van der Waals surface area contributed by atoms with Crippen molar-refractivity contribution in [2.75, 3.05) is 26.7 Å². The first-order valence-electron chi connectivity index (χ1n) is 14.4. The number of methoxy groups -OCH3 is 1. The Kier molecular flexibility index (Phi) is 10.4. The number of fused-ring (bicyclic) bond motifs is 1. The SMILES string of the molecule is CCN(CC)CCC[C@H](C)NC(=O)C[C@@H](c1ccc(F)cc1)c1cn(Cc2ccc(OC)cc2)c2ccccc12. The number of benzene rings is 3. The molecule has 1 heterocycles. The van der Waals surface area contributed by atoms with E-state index in [9.17, 15) is 9.18 Å². The quantitative estimate of drug-likeness (QED) is 0.187. The summed E-state index contributed by atoms with van der Waals surface area (Å²) in [4.78, 5) is 15.8. The summed E-state index contributed by atoms with van der Waals surface area (Å²) in [5.74, 6) is 0.351. The molecule has 212 valence electrons. The van der Waals surface area contributed by atoms with Crippen LogP contribution in [-0.4, -0.2) is 48.2 Å². The maximum atomic E-state index is 13.9. The molecule has 0 aliphatic rings. The number of ether oxygens (including phenoxy) is 1. The molecule has 0 saturated carbocycles. The van der Waals surface area contributed by atoms with Crippen LogP contribution in [0.4, 0.5) is 4.39 Å². The molecule has 1 N–H and O–H groups in total. The van der Waals surface area contributed by atoms with E-state index in [1.165, 1.54) is 12.1 Å². The predicted octanol–water partition coefficient (Wildman–Crippen LogP) is 6.99. The molecule has 5 nitrogen and oxygen atoms in total. The molecule has 3 aromatic carbocycles. The van der Waals surface area contributed by atoms with E-state index in [-0.39, 0.29) is 23.7 Å². The third kappa shape index (κ3) is 7.51. The van der Waals surface area contributed by atoms with E-state index in [0.717, 1.165) is 65.8 Å². The number of carbonyl (C=O) groups excluding carboxylic acids is 1. The van der Waals surface area contributed by atoms with E-state index in [2.05, 4.69) is 66.0 Å². The van der Waals surface area contributed by atoms with Crippen molar-refractivity contribution in [3.05, 3.63) is 102 Å². The monoisotopic (exact) mass is 543 g/mol. The van der Waals surface area contributed by atoms with Gasteiger partial charge in [0.2, 0.25) is 5.91 Å². The van der Waals surface area contributed by atoms with Crippen molar-refractivity contribution in [1.82, 2.24) is 14.8 Å². The Balaban J connectivity index is 1.58. The number of halogens is 1. The highest BCUT2D eigenvalue weighted by molar-refractivity contribution is 5.87. The molecule has 4 rings (SSSR count). The van der Waals surface area contributed by atoms with E-state index in [4.69, 9.17) is 4.74 Å². The van der Waals surface area contributed by atoms with Gasteiger partial charge in [0, 0.05) is 42.0 Å². The van der Waals surface area contributed by atoms with E-state index < -0.39 is 0 Å². The van der Waals surface area contributed by atoms with Gasteiger partial charge in [-0.25, -0.2) is 4.39 Å². The molecule has 1 amide bonds. The molecule has 0 aliphatic heterocycles. The van der Waals surface area contributed by atoms with Crippen LogP contribution < -0.4 is 10.1 Å². The van der Waals surface area contributed by atoms with Crippen molar-refractivity contribution in [3.63, 3.8) is 0 Å². The highest BCUT2D eigenvalue weighted by Gasteiger charge is 2.24. The maximum absolute atomic E-state index is 13.9. The smallest absolute Gasteiger partial charge is 0.221 e. The number of hydrogen-bond donors (Lipinski definition) is 1. The standard InChI is InChI=1S/C34H42FN3O2/c1-5-37(6-2)21-9-10-25(3)36-34(39)22-31(27-15-17-28(35)18-16-27)32-24-38(33-12-8-7-11-30(32)33)23-26-13-19-29(40-4)20-14-26/h7-8,11-20,24-25,31H,5-6,9-10,21-23H2,1-4H3,(H,36,39)/t25-,31-/m0/s1. The Bertz CT molecular complexity index is 1360. The number of nitrogens with zero attached hydrogens (tertiary/aromatic N) is 2. The molecular formula is C34H42FN3O2. The summed E-state index contributed by atoms with van der Waals surface area (Å²) in [5, 5.41) is 4.33.